The zero-order chi connectivity index (χ0) is 15.2. The Kier molecular flexibility index (Phi) is 4.65. The van der Waals surface area contributed by atoms with E-state index in [0.29, 0.717) is 17.7 Å². The molecule has 1 saturated heterocycles. The lowest BCUT2D eigenvalue weighted by atomic mass is 10.1. The van der Waals surface area contributed by atoms with Gasteiger partial charge in [0.1, 0.15) is 11.3 Å². The van der Waals surface area contributed by atoms with E-state index in [-0.39, 0.29) is 12.2 Å². The Morgan fingerprint density at radius 2 is 1.67 bits per heavy atom. The lowest BCUT2D eigenvalue weighted by Gasteiger charge is -2.13. The summed E-state index contributed by atoms with van der Waals surface area (Å²) < 4.78 is 17.2. The van der Waals surface area contributed by atoms with Crippen LogP contribution in [0.1, 0.15) is 12.0 Å². The van der Waals surface area contributed by atoms with E-state index >= 15 is 0 Å². The Balaban J connectivity index is 2.08. The second-order valence-electron chi connectivity index (χ2n) is 4.26. The summed E-state index contributed by atoms with van der Waals surface area (Å²) in [6, 6.07) is 5.76. The molecule has 6 nitrogen and oxygen atoms in total. The molecule has 2 N–H and O–H groups in total. The molecule has 0 aromatic heterocycles. The number of hydrogen-bond acceptors (Lipinski definition) is 4. The lowest BCUT2D eigenvalue weighted by Crippen LogP contribution is -2.51. The Bertz CT molecular complexity index is 573. The standard InChI is InChI=1S/C14H13FN2O4/c15-6-1-7-21-10-4-2-9(3-5-10)8-11-12(18)16-14(20)17-13(11)19/h2-5,8H,1,6-7H2,(H2,16,17,18,19,20). The van der Waals surface area contributed by atoms with Crippen molar-refractivity contribution in [1.29, 1.82) is 0 Å². The first kappa shape index (κ1) is 14.7. The number of carbonyl (C=O) groups excluding carboxylic acids is 3. The minimum Gasteiger partial charge on any atom is -0.493 e. The van der Waals surface area contributed by atoms with Crippen LogP contribution in [0.2, 0.25) is 0 Å². The summed E-state index contributed by atoms with van der Waals surface area (Å²) in [5.41, 5.74) is 0.447. The molecule has 1 aromatic rings. The fourth-order valence-corrected chi connectivity index (χ4v) is 1.68. The third-order valence-electron chi connectivity index (χ3n) is 2.68. The van der Waals surface area contributed by atoms with Crippen LogP contribution < -0.4 is 15.4 Å². The van der Waals surface area contributed by atoms with Crippen LogP contribution in [-0.4, -0.2) is 31.1 Å². The molecule has 1 aliphatic heterocycles. The maximum Gasteiger partial charge on any atom is 0.328 e. The van der Waals surface area contributed by atoms with E-state index in [4.69, 9.17) is 4.74 Å². The maximum atomic E-state index is 11.9. The molecule has 1 aliphatic rings. The number of urea groups is 1. The number of alkyl halides is 1. The van der Waals surface area contributed by atoms with Crippen LogP contribution in [0, 0.1) is 0 Å². The summed E-state index contributed by atoms with van der Waals surface area (Å²) in [4.78, 5) is 34.0. The van der Waals surface area contributed by atoms with Gasteiger partial charge in [0, 0.05) is 6.42 Å². The number of carbonyl (C=O) groups is 3. The molecule has 0 saturated carbocycles. The number of benzene rings is 1. The summed E-state index contributed by atoms with van der Waals surface area (Å²) >= 11 is 0. The van der Waals surface area contributed by atoms with Gasteiger partial charge in [0.2, 0.25) is 0 Å². The molecular weight excluding hydrogens is 279 g/mol. The van der Waals surface area contributed by atoms with Crippen molar-refractivity contribution in [2.45, 2.75) is 6.42 Å². The van der Waals surface area contributed by atoms with Gasteiger partial charge in [0.15, 0.2) is 0 Å². The Labute approximate surface area is 120 Å². The average molecular weight is 292 g/mol. The van der Waals surface area contributed by atoms with Crippen LogP contribution in [0.25, 0.3) is 6.08 Å². The second-order valence-corrected chi connectivity index (χ2v) is 4.26. The zero-order valence-corrected chi connectivity index (χ0v) is 11.0. The molecule has 110 valence electrons. The van der Waals surface area contributed by atoms with Gasteiger partial charge in [-0.05, 0) is 23.8 Å². The van der Waals surface area contributed by atoms with Gasteiger partial charge in [-0.3, -0.25) is 24.6 Å². The van der Waals surface area contributed by atoms with Gasteiger partial charge in [-0.2, -0.15) is 0 Å². The predicted octanol–water partition coefficient (Wildman–Crippen LogP) is 1.17. The van der Waals surface area contributed by atoms with Gasteiger partial charge in [0.05, 0.1) is 13.3 Å². The topological polar surface area (TPSA) is 84.5 Å². The fourth-order valence-electron chi connectivity index (χ4n) is 1.68. The monoisotopic (exact) mass is 292 g/mol. The zero-order valence-electron chi connectivity index (χ0n) is 11.0. The predicted molar refractivity (Wildman–Crippen MR) is 72.2 cm³/mol. The van der Waals surface area contributed by atoms with Gasteiger partial charge in [-0.1, -0.05) is 12.1 Å². The molecular formula is C14H13FN2O4. The molecule has 1 fully saturated rings. The largest absolute Gasteiger partial charge is 0.493 e. The van der Waals surface area contributed by atoms with Crippen LogP contribution in [0.5, 0.6) is 5.75 Å². The first-order valence-corrected chi connectivity index (χ1v) is 6.27. The van der Waals surface area contributed by atoms with E-state index in [1.165, 1.54) is 6.08 Å². The number of hydrogen-bond donors (Lipinski definition) is 2. The molecule has 0 radical (unpaired) electrons. The quantitative estimate of drug-likeness (QED) is 0.485. The second kappa shape index (κ2) is 6.65. The van der Waals surface area contributed by atoms with Crippen molar-refractivity contribution in [3.8, 4) is 5.75 Å². The number of nitrogens with one attached hydrogen (secondary N) is 2. The minimum atomic E-state index is -0.834. The smallest absolute Gasteiger partial charge is 0.328 e. The molecule has 4 amide bonds. The molecule has 0 aliphatic carbocycles. The van der Waals surface area contributed by atoms with E-state index in [1.54, 1.807) is 24.3 Å². The number of amides is 4. The van der Waals surface area contributed by atoms with Crippen LogP contribution in [0.4, 0.5) is 9.18 Å². The van der Waals surface area contributed by atoms with Crippen LogP contribution >= 0.6 is 0 Å². The highest BCUT2D eigenvalue weighted by atomic mass is 19.1. The third kappa shape index (κ3) is 3.88. The van der Waals surface area contributed by atoms with E-state index in [9.17, 15) is 18.8 Å². The molecule has 0 spiro atoms. The first-order valence-electron chi connectivity index (χ1n) is 6.27. The van der Waals surface area contributed by atoms with E-state index in [0.717, 1.165) is 0 Å². The lowest BCUT2D eigenvalue weighted by molar-refractivity contribution is -0.123. The average Bonchev–Trinajstić information content (AvgIpc) is 2.44. The summed E-state index contributed by atoms with van der Waals surface area (Å²) in [6.07, 6.45) is 1.68. The molecule has 1 aromatic carbocycles. The number of barbiturate groups is 1. The number of imide groups is 2. The van der Waals surface area contributed by atoms with Crippen molar-refractivity contribution in [1.82, 2.24) is 10.6 Å². The van der Waals surface area contributed by atoms with E-state index in [1.807, 2.05) is 10.6 Å². The molecule has 0 unspecified atom stereocenters. The van der Waals surface area contributed by atoms with Gasteiger partial charge in [-0.25, -0.2) is 4.79 Å². The Hall–Kier alpha value is -2.70. The number of rotatable bonds is 5. The van der Waals surface area contributed by atoms with E-state index in [2.05, 4.69) is 0 Å². The summed E-state index contributed by atoms with van der Waals surface area (Å²) in [5.74, 6) is -0.919. The first-order chi connectivity index (χ1) is 10.1. The Morgan fingerprint density at radius 3 is 2.24 bits per heavy atom. The highest BCUT2D eigenvalue weighted by Crippen LogP contribution is 2.15. The van der Waals surface area contributed by atoms with Gasteiger partial charge < -0.3 is 4.74 Å². The van der Waals surface area contributed by atoms with Gasteiger partial charge in [-0.15, -0.1) is 0 Å². The van der Waals surface area contributed by atoms with Crippen molar-refractivity contribution in [3.63, 3.8) is 0 Å². The summed E-state index contributed by atoms with van der Waals surface area (Å²) in [6.45, 7) is -0.156. The molecule has 21 heavy (non-hydrogen) atoms. The van der Waals surface area contributed by atoms with E-state index < -0.39 is 24.5 Å². The normalized spacial score (nSPS) is 14.5. The number of ether oxygens (including phenoxy) is 1. The summed E-state index contributed by atoms with van der Waals surface area (Å²) in [7, 11) is 0. The van der Waals surface area contributed by atoms with Gasteiger partial charge >= 0.3 is 6.03 Å². The highest BCUT2D eigenvalue weighted by Gasteiger charge is 2.27. The van der Waals surface area contributed by atoms with Crippen molar-refractivity contribution in [3.05, 3.63) is 35.4 Å². The van der Waals surface area contributed by atoms with Crippen molar-refractivity contribution in [2.24, 2.45) is 0 Å². The molecule has 0 bridgehead atoms. The van der Waals surface area contributed by atoms with Crippen LogP contribution in [0.15, 0.2) is 29.8 Å². The Morgan fingerprint density at radius 1 is 1.05 bits per heavy atom. The third-order valence-corrected chi connectivity index (χ3v) is 2.68. The maximum absolute atomic E-state index is 11.9. The highest BCUT2D eigenvalue weighted by molar-refractivity contribution is 6.31. The van der Waals surface area contributed by atoms with Crippen molar-refractivity contribution >= 4 is 23.9 Å². The van der Waals surface area contributed by atoms with Crippen LogP contribution in [-0.2, 0) is 9.59 Å². The molecule has 7 heteroatoms. The molecule has 1 heterocycles. The molecule has 2 rings (SSSR count). The fraction of sp³-hybridized carbons (Fsp3) is 0.214. The van der Waals surface area contributed by atoms with Gasteiger partial charge in [0.25, 0.3) is 11.8 Å². The molecule has 0 atom stereocenters. The minimum absolute atomic E-state index is 0.152. The SMILES string of the molecule is O=C1NC(=O)C(=Cc2ccc(OCCCF)cc2)C(=O)N1. The number of halogens is 1. The van der Waals surface area contributed by atoms with Crippen LogP contribution in [0.3, 0.4) is 0 Å². The van der Waals surface area contributed by atoms with Crippen molar-refractivity contribution < 1.29 is 23.5 Å². The summed E-state index contributed by atoms with van der Waals surface area (Å²) in [5, 5.41) is 3.97. The van der Waals surface area contributed by atoms with Crippen molar-refractivity contribution in [2.75, 3.05) is 13.3 Å².